The topological polar surface area (TPSA) is 60.5 Å². The number of hydrogen-bond acceptors (Lipinski definition) is 4. The lowest BCUT2D eigenvalue weighted by Gasteiger charge is -2.12. The molecule has 0 saturated carbocycles. The molecule has 1 amide bonds. The maximum absolute atomic E-state index is 12.4. The lowest BCUT2D eigenvalue weighted by atomic mass is 10.2. The number of rotatable bonds is 8. The standard InChI is InChI=1S/C18H15F5N2O3/c19-17(20)28-14-6-2-1-4-12(14)7-8-15(26)25-10-13-5-3-9-24-16(13)27-11-18(21,22)23/h1-9,17H,10-11H2,(H,25,26)/b8-7+. The molecule has 0 aliphatic carbocycles. The van der Waals surface area contributed by atoms with Crippen molar-refractivity contribution >= 4 is 12.0 Å². The molecule has 0 bridgehead atoms. The van der Waals surface area contributed by atoms with Crippen molar-refractivity contribution in [1.29, 1.82) is 0 Å². The summed E-state index contributed by atoms with van der Waals surface area (Å²) in [5.41, 5.74) is 0.503. The van der Waals surface area contributed by atoms with Gasteiger partial charge in [-0.25, -0.2) is 4.98 Å². The van der Waals surface area contributed by atoms with Crippen LogP contribution in [0, 0.1) is 0 Å². The number of benzene rings is 1. The van der Waals surface area contributed by atoms with Crippen molar-refractivity contribution in [1.82, 2.24) is 10.3 Å². The van der Waals surface area contributed by atoms with E-state index in [1.807, 2.05) is 0 Å². The SMILES string of the molecule is O=C(/C=C/c1ccccc1OC(F)F)NCc1cccnc1OCC(F)(F)F. The largest absolute Gasteiger partial charge is 0.468 e. The summed E-state index contributed by atoms with van der Waals surface area (Å²) < 4.78 is 70.5. The molecule has 10 heteroatoms. The maximum Gasteiger partial charge on any atom is 0.422 e. The summed E-state index contributed by atoms with van der Waals surface area (Å²) >= 11 is 0. The van der Waals surface area contributed by atoms with E-state index in [1.165, 1.54) is 42.6 Å². The predicted molar refractivity (Wildman–Crippen MR) is 89.7 cm³/mol. The number of amides is 1. The second-order valence-corrected chi connectivity index (χ2v) is 5.34. The summed E-state index contributed by atoms with van der Waals surface area (Å²) in [6.45, 7) is -4.66. The van der Waals surface area contributed by atoms with Gasteiger partial charge >= 0.3 is 12.8 Å². The van der Waals surface area contributed by atoms with Gasteiger partial charge in [0.25, 0.3) is 0 Å². The Balaban J connectivity index is 1.97. The summed E-state index contributed by atoms with van der Waals surface area (Å²) in [6, 6.07) is 8.81. The van der Waals surface area contributed by atoms with E-state index >= 15 is 0 Å². The summed E-state index contributed by atoms with van der Waals surface area (Å²) in [6.07, 6.45) is -0.900. The third-order valence-electron chi connectivity index (χ3n) is 3.22. The van der Waals surface area contributed by atoms with E-state index in [9.17, 15) is 26.7 Å². The first kappa shape index (κ1) is 21.1. The van der Waals surface area contributed by atoms with Crippen LogP contribution < -0.4 is 14.8 Å². The van der Waals surface area contributed by atoms with E-state index in [0.717, 1.165) is 6.08 Å². The number of carbonyl (C=O) groups excluding carboxylic acids is 1. The van der Waals surface area contributed by atoms with Crippen LogP contribution in [0.25, 0.3) is 6.08 Å². The number of nitrogens with zero attached hydrogens (tertiary/aromatic N) is 1. The fraction of sp³-hybridized carbons (Fsp3) is 0.222. The molecule has 2 rings (SSSR count). The Bertz CT molecular complexity index is 825. The molecule has 150 valence electrons. The quantitative estimate of drug-likeness (QED) is 0.537. The molecule has 5 nitrogen and oxygen atoms in total. The van der Waals surface area contributed by atoms with Gasteiger partial charge in [-0.3, -0.25) is 4.79 Å². The van der Waals surface area contributed by atoms with Crippen LogP contribution in [0.4, 0.5) is 22.0 Å². The molecule has 0 radical (unpaired) electrons. The van der Waals surface area contributed by atoms with Gasteiger partial charge in [0.05, 0.1) is 0 Å². The highest BCUT2D eigenvalue weighted by atomic mass is 19.4. The van der Waals surface area contributed by atoms with E-state index in [1.54, 1.807) is 6.07 Å². The van der Waals surface area contributed by atoms with Crippen LogP contribution in [0.1, 0.15) is 11.1 Å². The minimum atomic E-state index is -4.52. The number of para-hydroxylation sites is 1. The molecule has 1 aromatic heterocycles. The number of alkyl halides is 5. The number of nitrogens with one attached hydrogen (secondary N) is 1. The highest BCUT2D eigenvalue weighted by Crippen LogP contribution is 2.22. The van der Waals surface area contributed by atoms with Gasteiger partial charge in [0.1, 0.15) is 5.75 Å². The van der Waals surface area contributed by atoms with Gasteiger partial charge < -0.3 is 14.8 Å². The fourth-order valence-electron chi connectivity index (χ4n) is 2.07. The number of hydrogen-bond donors (Lipinski definition) is 1. The predicted octanol–water partition coefficient (Wildman–Crippen LogP) is 3.95. The van der Waals surface area contributed by atoms with Crippen LogP contribution in [0.3, 0.4) is 0 Å². The van der Waals surface area contributed by atoms with Crippen LogP contribution in [-0.2, 0) is 11.3 Å². The Hall–Kier alpha value is -3.17. The van der Waals surface area contributed by atoms with Gasteiger partial charge in [-0.05, 0) is 18.2 Å². The first-order valence-corrected chi connectivity index (χ1v) is 7.88. The van der Waals surface area contributed by atoms with E-state index in [4.69, 9.17) is 0 Å². The highest BCUT2D eigenvalue weighted by molar-refractivity contribution is 5.92. The Labute approximate surface area is 156 Å². The monoisotopic (exact) mass is 402 g/mol. The molecule has 0 spiro atoms. The normalized spacial score (nSPS) is 11.6. The van der Waals surface area contributed by atoms with Crippen LogP contribution in [0.2, 0.25) is 0 Å². The zero-order valence-corrected chi connectivity index (χ0v) is 14.2. The smallest absolute Gasteiger partial charge is 0.422 e. The van der Waals surface area contributed by atoms with Gasteiger partial charge in [-0.1, -0.05) is 24.3 Å². The minimum absolute atomic E-state index is 0.100. The number of halogens is 5. The number of aromatic nitrogens is 1. The number of pyridine rings is 1. The van der Waals surface area contributed by atoms with Crippen molar-refractivity contribution in [3.63, 3.8) is 0 Å². The first-order chi connectivity index (χ1) is 13.2. The van der Waals surface area contributed by atoms with E-state index in [2.05, 4.69) is 19.8 Å². The van der Waals surface area contributed by atoms with Crippen LogP contribution in [0.5, 0.6) is 11.6 Å². The summed E-state index contributed by atoms with van der Waals surface area (Å²) in [5, 5.41) is 2.45. The minimum Gasteiger partial charge on any atom is -0.468 e. The van der Waals surface area contributed by atoms with Gasteiger partial charge in [-0.15, -0.1) is 0 Å². The van der Waals surface area contributed by atoms with Crippen molar-refractivity contribution in [2.24, 2.45) is 0 Å². The van der Waals surface area contributed by atoms with E-state index < -0.39 is 25.3 Å². The second kappa shape index (κ2) is 9.67. The molecular weight excluding hydrogens is 387 g/mol. The van der Waals surface area contributed by atoms with Crippen LogP contribution >= 0.6 is 0 Å². The zero-order valence-electron chi connectivity index (χ0n) is 14.2. The molecule has 1 N–H and O–H groups in total. The van der Waals surface area contributed by atoms with Crippen molar-refractivity contribution in [2.45, 2.75) is 19.3 Å². The van der Waals surface area contributed by atoms with E-state index in [0.29, 0.717) is 0 Å². The Kier molecular flexibility index (Phi) is 7.30. The summed E-state index contributed by atoms with van der Waals surface area (Å²) in [7, 11) is 0. The van der Waals surface area contributed by atoms with Gasteiger partial charge in [0, 0.05) is 29.9 Å². The first-order valence-electron chi connectivity index (χ1n) is 7.88. The van der Waals surface area contributed by atoms with Gasteiger partial charge in [0.2, 0.25) is 11.8 Å². The third-order valence-corrected chi connectivity index (χ3v) is 3.22. The van der Waals surface area contributed by atoms with Gasteiger partial charge in [0.15, 0.2) is 6.61 Å². The lowest BCUT2D eigenvalue weighted by Crippen LogP contribution is -2.23. The lowest BCUT2D eigenvalue weighted by molar-refractivity contribution is -0.154. The molecule has 1 heterocycles. The van der Waals surface area contributed by atoms with Crippen molar-refractivity contribution in [3.8, 4) is 11.6 Å². The Morgan fingerprint density at radius 2 is 1.93 bits per heavy atom. The summed E-state index contributed by atoms with van der Waals surface area (Å²) in [4.78, 5) is 15.6. The number of carbonyl (C=O) groups is 1. The molecule has 0 atom stereocenters. The molecule has 1 aromatic carbocycles. The third kappa shape index (κ3) is 7.22. The molecule has 28 heavy (non-hydrogen) atoms. The maximum atomic E-state index is 12.4. The van der Waals surface area contributed by atoms with Gasteiger partial charge in [-0.2, -0.15) is 22.0 Å². The van der Waals surface area contributed by atoms with Crippen LogP contribution in [0.15, 0.2) is 48.7 Å². The molecule has 0 fully saturated rings. The highest BCUT2D eigenvalue weighted by Gasteiger charge is 2.29. The average Bonchev–Trinajstić information content (AvgIpc) is 2.63. The van der Waals surface area contributed by atoms with Crippen molar-refractivity contribution in [2.75, 3.05) is 6.61 Å². The van der Waals surface area contributed by atoms with E-state index in [-0.39, 0.29) is 29.3 Å². The Morgan fingerprint density at radius 3 is 2.64 bits per heavy atom. The molecule has 2 aromatic rings. The molecule has 0 unspecified atom stereocenters. The van der Waals surface area contributed by atoms with Crippen molar-refractivity contribution in [3.05, 3.63) is 59.8 Å². The molecule has 0 aliphatic rings. The molecule has 0 aliphatic heterocycles. The molecule has 0 saturated heterocycles. The number of ether oxygens (including phenoxy) is 2. The molecular formula is C18H15F5N2O3. The summed E-state index contributed by atoms with van der Waals surface area (Å²) in [5.74, 6) is -0.950. The Morgan fingerprint density at radius 1 is 1.18 bits per heavy atom. The van der Waals surface area contributed by atoms with Crippen LogP contribution in [-0.4, -0.2) is 30.3 Å². The average molecular weight is 402 g/mol. The zero-order chi connectivity index (χ0) is 20.6. The fourth-order valence-corrected chi connectivity index (χ4v) is 2.07. The van der Waals surface area contributed by atoms with Crippen molar-refractivity contribution < 1.29 is 36.2 Å². The second-order valence-electron chi connectivity index (χ2n) is 5.34.